The van der Waals surface area contributed by atoms with E-state index >= 15 is 0 Å². The largest absolute Gasteiger partial charge is 0.253 e. The Labute approximate surface area is 138 Å². The quantitative estimate of drug-likeness (QED) is 0.460. The lowest BCUT2D eigenvalue weighted by Gasteiger charge is -2.08. The molecular weight excluding hydrogens is 296 g/mol. The highest BCUT2D eigenvalue weighted by Crippen LogP contribution is 2.27. The Morgan fingerprint density at radius 2 is 1.54 bits per heavy atom. The summed E-state index contributed by atoms with van der Waals surface area (Å²) < 4.78 is 1.92. The van der Waals surface area contributed by atoms with Gasteiger partial charge >= 0.3 is 0 Å². The summed E-state index contributed by atoms with van der Waals surface area (Å²) in [5, 5.41) is 12.2. The molecule has 0 amide bonds. The zero-order chi connectivity index (χ0) is 16.1. The van der Waals surface area contributed by atoms with E-state index in [4.69, 9.17) is 0 Å². The number of fused-ring (bicyclic) bond motifs is 3. The zero-order valence-corrected chi connectivity index (χ0v) is 13.1. The molecule has 0 N–H and O–H groups in total. The maximum Gasteiger partial charge on any atom is 0.114 e. The van der Waals surface area contributed by atoms with Gasteiger partial charge in [-0.2, -0.15) is 0 Å². The molecule has 0 aliphatic carbocycles. The van der Waals surface area contributed by atoms with Gasteiger partial charge in [0.15, 0.2) is 0 Å². The molecule has 0 saturated heterocycles. The van der Waals surface area contributed by atoms with E-state index in [0.29, 0.717) is 0 Å². The van der Waals surface area contributed by atoms with Crippen LogP contribution >= 0.6 is 0 Å². The van der Waals surface area contributed by atoms with Crippen molar-refractivity contribution in [1.82, 2.24) is 20.0 Å². The van der Waals surface area contributed by atoms with Crippen molar-refractivity contribution in [1.29, 1.82) is 0 Å². The molecule has 0 fully saturated rings. The summed E-state index contributed by atoms with van der Waals surface area (Å²) in [5.41, 5.74) is 4.85. The first-order valence-corrected chi connectivity index (χ1v) is 7.90. The van der Waals surface area contributed by atoms with Crippen LogP contribution in [-0.4, -0.2) is 20.0 Å². The second-order valence-corrected chi connectivity index (χ2v) is 5.99. The van der Waals surface area contributed by atoms with Crippen molar-refractivity contribution in [2.24, 2.45) is 0 Å². The van der Waals surface area contributed by atoms with Crippen LogP contribution in [0.15, 0.2) is 66.7 Å². The van der Waals surface area contributed by atoms with Crippen LogP contribution in [-0.2, 0) is 0 Å². The smallest absolute Gasteiger partial charge is 0.114 e. The summed E-state index contributed by atoms with van der Waals surface area (Å²) in [6, 6.07) is 22.7. The van der Waals surface area contributed by atoms with Crippen molar-refractivity contribution in [2.45, 2.75) is 6.92 Å². The Morgan fingerprint density at radius 1 is 0.792 bits per heavy atom. The summed E-state index contributed by atoms with van der Waals surface area (Å²) in [7, 11) is 0. The molecule has 5 rings (SSSR count). The average Bonchev–Trinajstić information content (AvgIpc) is 3.01. The first-order valence-electron chi connectivity index (χ1n) is 7.90. The van der Waals surface area contributed by atoms with Crippen molar-refractivity contribution < 1.29 is 0 Å². The second-order valence-electron chi connectivity index (χ2n) is 5.99. The highest BCUT2D eigenvalue weighted by molar-refractivity contribution is 5.97. The van der Waals surface area contributed by atoms with Gasteiger partial charge in [-0.15, -0.1) is 5.10 Å². The summed E-state index contributed by atoms with van der Waals surface area (Å²) >= 11 is 0. The third-order valence-electron chi connectivity index (χ3n) is 4.36. The fourth-order valence-corrected chi connectivity index (χ4v) is 3.25. The van der Waals surface area contributed by atoms with Gasteiger partial charge in [-0.1, -0.05) is 47.7 Å². The molecule has 5 aromatic rings. The van der Waals surface area contributed by atoms with Gasteiger partial charge in [-0.3, -0.25) is 4.98 Å². The number of pyridine rings is 1. The van der Waals surface area contributed by atoms with Crippen molar-refractivity contribution in [3.63, 3.8) is 0 Å². The van der Waals surface area contributed by atoms with E-state index in [1.165, 1.54) is 10.8 Å². The van der Waals surface area contributed by atoms with E-state index in [-0.39, 0.29) is 0 Å². The number of hydrogen-bond acceptors (Lipinski definition) is 3. The van der Waals surface area contributed by atoms with Crippen LogP contribution in [0.4, 0.5) is 0 Å². The van der Waals surface area contributed by atoms with Crippen LogP contribution in [0.3, 0.4) is 0 Å². The molecule has 4 nitrogen and oxygen atoms in total. The van der Waals surface area contributed by atoms with Gasteiger partial charge in [0, 0.05) is 11.1 Å². The molecule has 4 heteroatoms. The maximum atomic E-state index is 4.61. The molecule has 3 aromatic carbocycles. The molecule has 0 aliphatic rings. The maximum absolute atomic E-state index is 4.61. The normalized spacial score (nSPS) is 11.5. The molecule has 0 bridgehead atoms. The van der Waals surface area contributed by atoms with Crippen LogP contribution in [0.25, 0.3) is 38.4 Å². The van der Waals surface area contributed by atoms with Gasteiger partial charge in [0.1, 0.15) is 5.52 Å². The van der Waals surface area contributed by atoms with Crippen molar-refractivity contribution in [3.8, 4) is 5.69 Å². The predicted octanol–water partition coefficient (Wildman–Crippen LogP) is 4.43. The van der Waals surface area contributed by atoms with Crippen LogP contribution in [0.2, 0.25) is 0 Å². The first kappa shape index (κ1) is 13.2. The number of aryl methyl sites for hydroxylation is 1. The Hall–Kier alpha value is -3.27. The van der Waals surface area contributed by atoms with Gasteiger partial charge in [-0.05, 0) is 42.0 Å². The first-order chi connectivity index (χ1) is 11.8. The highest BCUT2D eigenvalue weighted by atomic mass is 15.4. The third-order valence-corrected chi connectivity index (χ3v) is 4.36. The molecule has 0 radical (unpaired) electrons. The monoisotopic (exact) mass is 310 g/mol. The summed E-state index contributed by atoms with van der Waals surface area (Å²) in [6.45, 7) is 2.00. The van der Waals surface area contributed by atoms with E-state index in [1.54, 1.807) is 0 Å². The van der Waals surface area contributed by atoms with E-state index in [2.05, 4.69) is 51.7 Å². The minimum absolute atomic E-state index is 0.896. The number of benzene rings is 3. The lowest BCUT2D eigenvalue weighted by Crippen LogP contribution is -2.00. The van der Waals surface area contributed by atoms with Gasteiger partial charge in [0.2, 0.25) is 0 Å². The molecule has 2 heterocycles. The van der Waals surface area contributed by atoms with Crippen LogP contribution in [0, 0.1) is 6.92 Å². The third kappa shape index (κ3) is 1.90. The van der Waals surface area contributed by atoms with Gasteiger partial charge in [0.05, 0.1) is 16.7 Å². The fourth-order valence-electron chi connectivity index (χ4n) is 3.25. The molecule has 0 spiro atoms. The lowest BCUT2D eigenvalue weighted by atomic mass is 10.1. The minimum Gasteiger partial charge on any atom is -0.253 e. The van der Waals surface area contributed by atoms with Gasteiger partial charge < -0.3 is 0 Å². The minimum atomic E-state index is 0.896. The SMILES string of the molecule is Cc1cc(-n2nnc3cc4ccccc4cc32)c2ccccc2n1. The van der Waals surface area contributed by atoms with Crippen LogP contribution in [0.1, 0.15) is 5.69 Å². The standard InChI is InChI=1S/C20H14N4/c1-13-10-19(16-8-4-5-9-17(16)21-13)24-20-12-15-7-3-2-6-14(15)11-18(20)22-23-24/h2-12H,1H3. The molecule has 0 saturated carbocycles. The van der Waals surface area contributed by atoms with E-state index < -0.39 is 0 Å². The highest BCUT2D eigenvalue weighted by Gasteiger charge is 2.12. The molecule has 0 unspecified atom stereocenters. The number of aromatic nitrogens is 4. The topological polar surface area (TPSA) is 43.6 Å². The van der Waals surface area contributed by atoms with Gasteiger partial charge in [-0.25, -0.2) is 4.68 Å². The summed E-state index contributed by atoms with van der Waals surface area (Å²) in [4.78, 5) is 4.61. The van der Waals surface area contributed by atoms with Crippen LogP contribution < -0.4 is 0 Å². The number of para-hydroxylation sites is 1. The van der Waals surface area contributed by atoms with E-state index in [0.717, 1.165) is 33.3 Å². The van der Waals surface area contributed by atoms with Gasteiger partial charge in [0.25, 0.3) is 0 Å². The van der Waals surface area contributed by atoms with E-state index in [9.17, 15) is 0 Å². The number of hydrogen-bond donors (Lipinski definition) is 0. The van der Waals surface area contributed by atoms with Crippen LogP contribution in [0.5, 0.6) is 0 Å². The summed E-state index contributed by atoms with van der Waals surface area (Å²) in [6.07, 6.45) is 0. The summed E-state index contributed by atoms with van der Waals surface area (Å²) in [5.74, 6) is 0. The van der Waals surface area contributed by atoms with Crippen molar-refractivity contribution in [3.05, 3.63) is 72.4 Å². The predicted molar refractivity (Wildman–Crippen MR) is 96.4 cm³/mol. The molecule has 0 atom stereocenters. The number of nitrogens with zero attached hydrogens (tertiary/aromatic N) is 4. The molecule has 114 valence electrons. The fraction of sp³-hybridized carbons (Fsp3) is 0.0500. The Balaban J connectivity index is 1.88. The lowest BCUT2D eigenvalue weighted by molar-refractivity contribution is 0.827. The molecule has 2 aromatic heterocycles. The Bertz CT molecular complexity index is 1220. The second kappa shape index (κ2) is 4.86. The van der Waals surface area contributed by atoms with Crippen molar-refractivity contribution in [2.75, 3.05) is 0 Å². The van der Waals surface area contributed by atoms with Crippen molar-refractivity contribution >= 4 is 32.7 Å². The van der Waals surface area contributed by atoms with E-state index in [1.807, 2.05) is 41.9 Å². The number of rotatable bonds is 1. The zero-order valence-electron chi connectivity index (χ0n) is 13.1. The molecule has 0 aliphatic heterocycles. The molecule has 24 heavy (non-hydrogen) atoms. The Kier molecular flexibility index (Phi) is 2.67. The Morgan fingerprint density at radius 3 is 2.42 bits per heavy atom. The molecular formula is C20H14N4. The average molecular weight is 310 g/mol.